The molecule has 4 rings (SSSR count). The van der Waals surface area contributed by atoms with Gasteiger partial charge in [-0.2, -0.15) is 0 Å². The Morgan fingerprint density at radius 2 is 1.70 bits per heavy atom. The van der Waals surface area contributed by atoms with Gasteiger partial charge in [0.2, 0.25) is 11.8 Å². The molecule has 0 saturated carbocycles. The Kier molecular flexibility index (Phi) is 6.43. The lowest BCUT2D eigenvalue weighted by Gasteiger charge is -2.36. The van der Waals surface area contributed by atoms with Crippen molar-refractivity contribution in [3.63, 3.8) is 0 Å². The highest BCUT2D eigenvalue weighted by atomic mass is 32.2. The molecule has 3 aromatic rings. The molecule has 0 bridgehead atoms. The van der Waals surface area contributed by atoms with E-state index in [0.29, 0.717) is 17.4 Å². The number of aromatic nitrogens is 1. The highest BCUT2D eigenvalue weighted by Gasteiger charge is 2.21. The van der Waals surface area contributed by atoms with E-state index < -0.39 is 0 Å². The van der Waals surface area contributed by atoms with Crippen LogP contribution < -0.4 is 4.90 Å². The van der Waals surface area contributed by atoms with Crippen molar-refractivity contribution in [3.8, 4) is 11.5 Å². The number of carbonyl (C=O) groups is 1. The number of piperazine rings is 1. The molecule has 1 aliphatic heterocycles. The minimum Gasteiger partial charge on any atom is -0.441 e. The summed E-state index contributed by atoms with van der Waals surface area (Å²) < 4.78 is 5.84. The largest absolute Gasteiger partial charge is 0.441 e. The van der Waals surface area contributed by atoms with E-state index >= 15 is 0 Å². The van der Waals surface area contributed by atoms with E-state index in [2.05, 4.69) is 53.2 Å². The Hall–Kier alpha value is -2.73. The van der Waals surface area contributed by atoms with Crippen LogP contribution >= 0.6 is 11.8 Å². The first-order valence-corrected chi connectivity index (χ1v) is 11.4. The Bertz CT molecular complexity index is 977. The zero-order chi connectivity index (χ0) is 20.9. The molecule has 0 atom stereocenters. The van der Waals surface area contributed by atoms with Crippen LogP contribution in [0.4, 0.5) is 5.69 Å². The second-order valence-electron chi connectivity index (χ2n) is 7.58. The Balaban J connectivity index is 1.26. The second-order valence-corrected chi connectivity index (χ2v) is 8.57. The summed E-state index contributed by atoms with van der Waals surface area (Å²) in [7, 11) is 0. The maximum Gasteiger partial charge on any atom is 0.232 e. The Morgan fingerprint density at radius 1 is 1.00 bits per heavy atom. The summed E-state index contributed by atoms with van der Waals surface area (Å²) in [6, 6.07) is 18.5. The van der Waals surface area contributed by atoms with Gasteiger partial charge in [0.1, 0.15) is 5.76 Å². The summed E-state index contributed by atoms with van der Waals surface area (Å²) in [4.78, 5) is 21.6. The third kappa shape index (κ3) is 4.87. The van der Waals surface area contributed by atoms with Crippen LogP contribution in [0, 0.1) is 13.8 Å². The molecule has 0 radical (unpaired) electrons. The first kappa shape index (κ1) is 20.5. The minimum atomic E-state index is 0.201. The average molecular weight is 422 g/mol. The summed E-state index contributed by atoms with van der Waals surface area (Å²) >= 11 is 1.60. The number of thioether (sulfide) groups is 1. The van der Waals surface area contributed by atoms with Gasteiger partial charge in [-0.15, -0.1) is 11.8 Å². The maximum atomic E-state index is 12.6. The lowest BCUT2D eigenvalue weighted by atomic mass is 10.1. The van der Waals surface area contributed by atoms with Crippen LogP contribution in [0.15, 0.2) is 59.0 Å². The van der Waals surface area contributed by atoms with Crippen molar-refractivity contribution in [3.05, 3.63) is 71.6 Å². The number of hydrogen-bond donors (Lipinski definition) is 0. The van der Waals surface area contributed by atoms with E-state index in [9.17, 15) is 4.79 Å². The lowest BCUT2D eigenvalue weighted by molar-refractivity contribution is -0.128. The van der Waals surface area contributed by atoms with Crippen LogP contribution in [0.1, 0.15) is 17.0 Å². The quantitative estimate of drug-likeness (QED) is 0.585. The molecule has 0 unspecified atom stereocenters. The zero-order valence-corrected chi connectivity index (χ0v) is 18.3. The fraction of sp³-hybridized carbons (Fsp3) is 0.333. The molecule has 0 N–H and O–H groups in total. The molecule has 156 valence electrons. The molecule has 0 aliphatic carbocycles. The number of hydrogen-bond acceptors (Lipinski definition) is 5. The molecule has 5 nitrogen and oxygen atoms in total. The van der Waals surface area contributed by atoms with E-state index in [1.165, 1.54) is 11.3 Å². The van der Waals surface area contributed by atoms with E-state index in [-0.39, 0.29) is 5.91 Å². The SMILES string of the molecule is Cc1ccc(-c2nc(CSCC(=O)N3CCN(c4ccccc4)CC3)c(C)o2)cc1. The van der Waals surface area contributed by atoms with Crippen LogP contribution in [-0.4, -0.2) is 47.7 Å². The Morgan fingerprint density at radius 3 is 2.40 bits per heavy atom. The number of oxazole rings is 1. The van der Waals surface area contributed by atoms with Crippen LogP contribution in [0.2, 0.25) is 0 Å². The second kappa shape index (κ2) is 9.39. The molecule has 1 fully saturated rings. The molecule has 30 heavy (non-hydrogen) atoms. The van der Waals surface area contributed by atoms with Crippen molar-refractivity contribution >= 4 is 23.4 Å². The first-order chi connectivity index (χ1) is 14.6. The van der Waals surface area contributed by atoms with Gasteiger partial charge < -0.3 is 14.2 Å². The number of carbonyl (C=O) groups excluding carboxylic acids is 1. The van der Waals surface area contributed by atoms with Gasteiger partial charge in [-0.1, -0.05) is 35.9 Å². The van der Waals surface area contributed by atoms with Crippen molar-refractivity contribution < 1.29 is 9.21 Å². The zero-order valence-electron chi connectivity index (χ0n) is 17.5. The summed E-state index contributed by atoms with van der Waals surface area (Å²) in [5.41, 5.74) is 4.33. The molecule has 1 saturated heterocycles. The molecular formula is C24H27N3O2S. The van der Waals surface area contributed by atoms with Crippen LogP contribution in [0.25, 0.3) is 11.5 Å². The third-order valence-corrected chi connectivity index (χ3v) is 6.34. The van der Waals surface area contributed by atoms with Crippen LogP contribution in [0.3, 0.4) is 0 Å². The predicted molar refractivity (Wildman–Crippen MR) is 123 cm³/mol. The number of rotatable bonds is 6. The first-order valence-electron chi connectivity index (χ1n) is 10.3. The maximum absolute atomic E-state index is 12.6. The molecule has 1 aromatic heterocycles. The van der Waals surface area contributed by atoms with Gasteiger partial charge in [0, 0.05) is 43.2 Å². The van der Waals surface area contributed by atoms with E-state index in [0.717, 1.165) is 43.2 Å². The number of aryl methyl sites for hydroxylation is 2. The average Bonchev–Trinajstić information content (AvgIpc) is 3.15. The number of anilines is 1. The summed E-state index contributed by atoms with van der Waals surface area (Å²) in [5, 5.41) is 0. The van der Waals surface area contributed by atoms with Crippen LogP contribution in [-0.2, 0) is 10.5 Å². The number of nitrogens with zero attached hydrogens (tertiary/aromatic N) is 3. The summed E-state index contributed by atoms with van der Waals surface area (Å²) in [5.74, 6) is 2.81. The van der Waals surface area contributed by atoms with E-state index in [1.54, 1.807) is 11.8 Å². The Labute approximate surface area is 182 Å². The van der Waals surface area contributed by atoms with Gasteiger partial charge in [0.15, 0.2) is 0 Å². The monoisotopic (exact) mass is 421 g/mol. The van der Waals surface area contributed by atoms with Gasteiger partial charge in [-0.25, -0.2) is 4.98 Å². The summed E-state index contributed by atoms with van der Waals surface area (Å²) in [6.45, 7) is 7.30. The van der Waals surface area contributed by atoms with Gasteiger partial charge >= 0.3 is 0 Å². The lowest BCUT2D eigenvalue weighted by Crippen LogP contribution is -2.49. The molecule has 2 aromatic carbocycles. The number of benzene rings is 2. The van der Waals surface area contributed by atoms with Gasteiger partial charge in [-0.3, -0.25) is 4.79 Å². The fourth-order valence-electron chi connectivity index (χ4n) is 3.56. The molecule has 1 amide bonds. The van der Waals surface area contributed by atoms with E-state index in [4.69, 9.17) is 4.42 Å². The topological polar surface area (TPSA) is 49.6 Å². The van der Waals surface area contributed by atoms with Crippen LogP contribution in [0.5, 0.6) is 0 Å². The smallest absolute Gasteiger partial charge is 0.232 e. The number of amides is 1. The fourth-order valence-corrected chi connectivity index (χ4v) is 4.48. The number of para-hydroxylation sites is 1. The minimum absolute atomic E-state index is 0.201. The molecular weight excluding hydrogens is 394 g/mol. The van der Waals surface area contributed by atoms with Crippen molar-refractivity contribution in [2.24, 2.45) is 0 Å². The highest BCUT2D eigenvalue weighted by Crippen LogP contribution is 2.25. The van der Waals surface area contributed by atoms with Gasteiger partial charge in [0.25, 0.3) is 0 Å². The van der Waals surface area contributed by atoms with Crippen molar-refractivity contribution in [1.29, 1.82) is 0 Å². The molecule has 2 heterocycles. The predicted octanol–water partition coefficient (Wildman–Crippen LogP) is 4.54. The molecule has 6 heteroatoms. The highest BCUT2D eigenvalue weighted by molar-refractivity contribution is 7.99. The van der Waals surface area contributed by atoms with Crippen molar-refractivity contribution in [2.75, 3.05) is 36.8 Å². The standard InChI is InChI=1S/C24H27N3O2S/c1-18-8-10-20(11-9-18)24-25-22(19(2)29-24)16-30-17-23(28)27-14-12-26(13-15-27)21-6-4-3-5-7-21/h3-11H,12-17H2,1-2H3. The normalized spacial score (nSPS) is 14.2. The molecule has 1 aliphatic rings. The third-order valence-electron chi connectivity index (χ3n) is 5.41. The van der Waals surface area contributed by atoms with Gasteiger partial charge in [-0.05, 0) is 38.1 Å². The van der Waals surface area contributed by atoms with Crippen molar-refractivity contribution in [2.45, 2.75) is 19.6 Å². The summed E-state index contributed by atoms with van der Waals surface area (Å²) in [6.07, 6.45) is 0. The van der Waals surface area contributed by atoms with Gasteiger partial charge in [0.05, 0.1) is 11.4 Å². The molecule has 0 spiro atoms. The van der Waals surface area contributed by atoms with E-state index in [1.807, 2.05) is 30.0 Å². The van der Waals surface area contributed by atoms with Crippen molar-refractivity contribution in [1.82, 2.24) is 9.88 Å².